The molecule has 2 aromatic heterocycles. The van der Waals surface area contributed by atoms with Gasteiger partial charge < -0.3 is 9.15 Å². The van der Waals surface area contributed by atoms with Crippen molar-refractivity contribution in [3.05, 3.63) is 88.8 Å². The molecule has 4 aromatic rings. The molecule has 0 N–H and O–H groups in total. The fourth-order valence-corrected chi connectivity index (χ4v) is 3.69. The van der Waals surface area contributed by atoms with Gasteiger partial charge in [0, 0.05) is 16.3 Å². The smallest absolute Gasteiger partial charge is 0.337 e. The summed E-state index contributed by atoms with van der Waals surface area (Å²) in [5.74, 6) is 1.46. The first-order valence-corrected chi connectivity index (χ1v) is 10.6. The Kier molecular flexibility index (Phi) is 6.49. The van der Waals surface area contributed by atoms with Crippen molar-refractivity contribution in [1.82, 2.24) is 14.9 Å². The zero-order valence-corrected chi connectivity index (χ0v) is 18.0. The number of carbonyl (C=O) groups excluding carboxylic acids is 1. The van der Waals surface area contributed by atoms with E-state index in [1.165, 1.54) is 18.9 Å². The average molecular weight is 453 g/mol. The van der Waals surface area contributed by atoms with Gasteiger partial charge in [-0.15, -0.1) is 10.2 Å². The fourth-order valence-electron chi connectivity index (χ4n) is 2.72. The highest BCUT2D eigenvalue weighted by Gasteiger charge is 2.15. The standard InChI is InChI=1S/C22H17ClN4O3S/c1-29-21(28)17-6-4-15(5-7-17)14-31-22-26-25-20(16-8-10-18(23)11-9-16)27(22)24-13-19-3-2-12-30-19/h2-13H,14H2,1H3/b24-13+. The highest BCUT2D eigenvalue weighted by atomic mass is 35.5. The van der Waals surface area contributed by atoms with Crippen molar-refractivity contribution >= 4 is 35.5 Å². The molecule has 2 heterocycles. The molecule has 0 aliphatic rings. The second-order valence-electron chi connectivity index (χ2n) is 6.36. The Morgan fingerprint density at radius 1 is 1.16 bits per heavy atom. The van der Waals surface area contributed by atoms with E-state index in [1.807, 2.05) is 30.3 Å². The van der Waals surface area contributed by atoms with Crippen molar-refractivity contribution in [1.29, 1.82) is 0 Å². The van der Waals surface area contributed by atoms with Crippen molar-refractivity contribution in [3.63, 3.8) is 0 Å². The number of rotatable bonds is 7. The van der Waals surface area contributed by atoms with Gasteiger partial charge in [-0.3, -0.25) is 0 Å². The maximum Gasteiger partial charge on any atom is 0.337 e. The molecule has 2 aromatic carbocycles. The molecule has 156 valence electrons. The zero-order valence-electron chi connectivity index (χ0n) is 16.4. The summed E-state index contributed by atoms with van der Waals surface area (Å²) < 4.78 is 11.7. The van der Waals surface area contributed by atoms with Crippen LogP contribution in [-0.4, -0.2) is 34.2 Å². The lowest BCUT2D eigenvalue weighted by Gasteiger charge is -2.05. The minimum Gasteiger partial charge on any atom is -0.465 e. The average Bonchev–Trinajstić information content (AvgIpc) is 3.46. The topological polar surface area (TPSA) is 82.5 Å². The van der Waals surface area contributed by atoms with E-state index >= 15 is 0 Å². The second-order valence-corrected chi connectivity index (χ2v) is 7.74. The van der Waals surface area contributed by atoms with Crippen LogP contribution < -0.4 is 0 Å². The number of thioether (sulfide) groups is 1. The normalized spacial score (nSPS) is 11.2. The van der Waals surface area contributed by atoms with Crippen LogP contribution in [0.15, 0.2) is 81.6 Å². The number of nitrogens with zero attached hydrogens (tertiary/aromatic N) is 4. The highest BCUT2D eigenvalue weighted by Crippen LogP contribution is 2.27. The molecule has 31 heavy (non-hydrogen) atoms. The summed E-state index contributed by atoms with van der Waals surface area (Å²) in [5, 5.41) is 14.4. The molecule has 4 rings (SSSR count). The molecular formula is C22H17ClN4O3S. The van der Waals surface area contributed by atoms with Gasteiger partial charge in [0.2, 0.25) is 5.16 Å². The van der Waals surface area contributed by atoms with E-state index in [4.69, 9.17) is 20.8 Å². The van der Waals surface area contributed by atoms with E-state index in [0.29, 0.717) is 33.1 Å². The number of halogens is 1. The predicted octanol–water partition coefficient (Wildman–Crippen LogP) is 5.15. The summed E-state index contributed by atoms with van der Waals surface area (Å²) in [4.78, 5) is 11.6. The summed E-state index contributed by atoms with van der Waals surface area (Å²) in [6, 6.07) is 18.2. The molecule has 0 aliphatic heterocycles. The number of furan rings is 1. The Morgan fingerprint density at radius 3 is 2.61 bits per heavy atom. The Morgan fingerprint density at radius 2 is 1.94 bits per heavy atom. The largest absolute Gasteiger partial charge is 0.465 e. The van der Waals surface area contributed by atoms with Crippen LogP contribution in [0.3, 0.4) is 0 Å². The third-order valence-electron chi connectivity index (χ3n) is 4.30. The molecule has 0 saturated carbocycles. The van der Waals surface area contributed by atoms with Crippen molar-refractivity contribution < 1.29 is 13.9 Å². The first-order chi connectivity index (χ1) is 15.1. The second kappa shape index (κ2) is 9.63. The predicted molar refractivity (Wildman–Crippen MR) is 120 cm³/mol. The van der Waals surface area contributed by atoms with Gasteiger partial charge in [0.15, 0.2) is 5.82 Å². The van der Waals surface area contributed by atoms with Gasteiger partial charge in [-0.25, -0.2) is 4.79 Å². The van der Waals surface area contributed by atoms with Crippen LogP contribution in [0, 0.1) is 0 Å². The van der Waals surface area contributed by atoms with Gasteiger partial charge in [-0.05, 0) is 54.1 Å². The molecule has 0 amide bonds. The van der Waals surface area contributed by atoms with Crippen molar-refractivity contribution in [2.45, 2.75) is 10.9 Å². The molecule has 0 unspecified atom stereocenters. The van der Waals surface area contributed by atoms with Crippen LogP contribution in [0.2, 0.25) is 5.02 Å². The van der Waals surface area contributed by atoms with E-state index in [9.17, 15) is 4.79 Å². The van der Waals surface area contributed by atoms with Crippen LogP contribution in [0.4, 0.5) is 0 Å². The van der Waals surface area contributed by atoms with E-state index in [1.54, 1.807) is 47.5 Å². The first kappa shape index (κ1) is 20.9. The molecule has 7 nitrogen and oxygen atoms in total. The van der Waals surface area contributed by atoms with Crippen molar-refractivity contribution in [2.24, 2.45) is 5.10 Å². The summed E-state index contributed by atoms with van der Waals surface area (Å²) in [5.41, 5.74) is 2.37. The van der Waals surface area contributed by atoms with Crippen molar-refractivity contribution in [3.8, 4) is 11.4 Å². The van der Waals surface area contributed by atoms with Gasteiger partial charge in [-0.2, -0.15) is 9.78 Å². The minimum absolute atomic E-state index is 0.362. The maximum absolute atomic E-state index is 11.6. The summed E-state index contributed by atoms with van der Waals surface area (Å²) in [7, 11) is 1.36. The molecule has 0 radical (unpaired) electrons. The summed E-state index contributed by atoms with van der Waals surface area (Å²) in [6.07, 6.45) is 3.19. The molecule has 0 saturated heterocycles. The lowest BCUT2D eigenvalue weighted by Crippen LogP contribution is -2.00. The fraction of sp³-hybridized carbons (Fsp3) is 0.0909. The molecule has 0 aliphatic carbocycles. The minimum atomic E-state index is -0.362. The van der Waals surface area contributed by atoms with Crippen LogP contribution in [0.1, 0.15) is 21.7 Å². The first-order valence-electron chi connectivity index (χ1n) is 9.23. The number of esters is 1. The Bertz CT molecular complexity index is 1190. The number of hydrogen-bond acceptors (Lipinski definition) is 7. The van der Waals surface area contributed by atoms with E-state index in [2.05, 4.69) is 15.3 Å². The van der Waals surface area contributed by atoms with Gasteiger partial charge >= 0.3 is 5.97 Å². The molecule has 0 fully saturated rings. The van der Waals surface area contributed by atoms with E-state index < -0.39 is 0 Å². The van der Waals surface area contributed by atoms with Gasteiger partial charge in [-0.1, -0.05) is 35.5 Å². The van der Waals surface area contributed by atoms with Crippen LogP contribution in [0.5, 0.6) is 0 Å². The number of aromatic nitrogens is 3. The third-order valence-corrected chi connectivity index (χ3v) is 5.54. The van der Waals surface area contributed by atoms with Gasteiger partial charge in [0.1, 0.15) is 5.76 Å². The number of ether oxygens (including phenoxy) is 1. The van der Waals surface area contributed by atoms with E-state index in [0.717, 1.165) is 11.1 Å². The molecule has 0 atom stereocenters. The van der Waals surface area contributed by atoms with Crippen LogP contribution >= 0.6 is 23.4 Å². The number of hydrogen-bond donors (Lipinski definition) is 0. The number of carbonyl (C=O) groups is 1. The maximum atomic E-state index is 11.6. The lowest BCUT2D eigenvalue weighted by molar-refractivity contribution is 0.0600. The van der Waals surface area contributed by atoms with Crippen LogP contribution in [0.25, 0.3) is 11.4 Å². The highest BCUT2D eigenvalue weighted by molar-refractivity contribution is 7.98. The van der Waals surface area contributed by atoms with E-state index in [-0.39, 0.29) is 5.97 Å². The lowest BCUT2D eigenvalue weighted by atomic mass is 10.1. The molecule has 0 bridgehead atoms. The Labute approximate surface area is 187 Å². The number of benzene rings is 2. The molecule has 0 spiro atoms. The van der Waals surface area contributed by atoms with Crippen molar-refractivity contribution in [2.75, 3.05) is 7.11 Å². The summed E-state index contributed by atoms with van der Waals surface area (Å²) >= 11 is 7.49. The molecule has 9 heteroatoms. The number of methoxy groups -OCH3 is 1. The Balaban J connectivity index is 1.59. The Hall–Kier alpha value is -3.36. The summed E-state index contributed by atoms with van der Waals surface area (Å²) in [6.45, 7) is 0. The zero-order chi connectivity index (χ0) is 21.6. The SMILES string of the molecule is COC(=O)c1ccc(CSc2nnc(-c3ccc(Cl)cc3)n2/N=C/c2ccco2)cc1. The van der Waals surface area contributed by atoms with Gasteiger partial charge in [0.05, 0.1) is 25.2 Å². The van der Waals surface area contributed by atoms with Gasteiger partial charge in [0.25, 0.3) is 0 Å². The third kappa shape index (κ3) is 5.04. The van der Waals surface area contributed by atoms with Crippen LogP contribution in [-0.2, 0) is 10.5 Å². The quantitative estimate of drug-likeness (QED) is 0.219. The molecular weight excluding hydrogens is 436 g/mol. The monoisotopic (exact) mass is 452 g/mol.